The van der Waals surface area contributed by atoms with Crippen molar-refractivity contribution in [2.24, 2.45) is 5.92 Å². The Balaban J connectivity index is 1.57. The summed E-state index contributed by atoms with van der Waals surface area (Å²) in [7, 11) is -3.68. The molecule has 2 aliphatic rings. The molecule has 2 aromatic carbocycles. The van der Waals surface area contributed by atoms with Crippen LogP contribution in [0.3, 0.4) is 0 Å². The molecule has 0 spiro atoms. The van der Waals surface area contributed by atoms with Gasteiger partial charge in [-0.05, 0) is 12.1 Å². The van der Waals surface area contributed by atoms with Gasteiger partial charge < -0.3 is 14.9 Å². The summed E-state index contributed by atoms with van der Waals surface area (Å²) in [4.78, 5) is 11.3. The van der Waals surface area contributed by atoms with Crippen LogP contribution in [0.4, 0.5) is 0 Å². The molecule has 148 valence electrons. The lowest BCUT2D eigenvalue weighted by atomic mass is 9.87. The quantitative estimate of drug-likeness (QED) is 0.674. The fraction of sp³-hybridized carbons (Fsp3) is 0.350. The summed E-state index contributed by atoms with van der Waals surface area (Å²) in [5, 5.41) is 19.6. The number of aliphatic hydroxyl groups is 1. The fourth-order valence-electron chi connectivity index (χ4n) is 4.24. The first-order valence-electron chi connectivity index (χ1n) is 9.10. The lowest BCUT2D eigenvalue weighted by Crippen LogP contribution is -2.34. The van der Waals surface area contributed by atoms with Gasteiger partial charge in [0.25, 0.3) is 0 Å². The zero-order chi connectivity index (χ0) is 19.9. The molecule has 1 fully saturated rings. The van der Waals surface area contributed by atoms with Crippen molar-refractivity contribution in [2.45, 2.75) is 35.9 Å². The van der Waals surface area contributed by atoms with Gasteiger partial charge in [-0.2, -0.15) is 0 Å². The molecule has 0 radical (unpaired) electrons. The van der Waals surface area contributed by atoms with Crippen molar-refractivity contribution in [2.75, 3.05) is 6.54 Å². The highest BCUT2D eigenvalue weighted by atomic mass is 32.2. The van der Waals surface area contributed by atoms with Crippen molar-refractivity contribution in [3.63, 3.8) is 0 Å². The maximum atomic E-state index is 12.5. The average molecular weight is 403 g/mol. The number of aliphatic hydroxyl groups excluding tert-OH is 1. The molecule has 3 N–H and O–H groups in total. The molecule has 28 heavy (non-hydrogen) atoms. The second-order valence-corrected chi connectivity index (χ2v) is 8.99. The molecule has 4 unspecified atom stereocenters. The van der Waals surface area contributed by atoms with Crippen molar-refractivity contribution >= 4 is 16.0 Å². The predicted molar refractivity (Wildman–Crippen MR) is 101 cm³/mol. The van der Waals surface area contributed by atoms with Gasteiger partial charge in [0, 0.05) is 35.9 Å². The largest absolute Gasteiger partial charge is 0.489 e. The molecule has 1 saturated carbocycles. The van der Waals surface area contributed by atoms with Crippen LogP contribution in [-0.4, -0.2) is 43.4 Å². The van der Waals surface area contributed by atoms with Gasteiger partial charge in [-0.25, -0.2) is 13.1 Å². The number of para-hydroxylation sites is 1. The van der Waals surface area contributed by atoms with Crippen molar-refractivity contribution in [1.82, 2.24) is 4.72 Å². The predicted octanol–water partition coefficient (Wildman–Crippen LogP) is 1.52. The summed E-state index contributed by atoms with van der Waals surface area (Å²) in [5.74, 6) is -0.925. The number of carbonyl (C=O) groups is 1. The van der Waals surface area contributed by atoms with Gasteiger partial charge in [0.2, 0.25) is 10.0 Å². The third kappa shape index (κ3) is 3.39. The molecule has 0 bridgehead atoms. The van der Waals surface area contributed by atoms with E-state index in [9.17, 15) is 18.3 Å². The van der Waals surface area contributed by atoms with E-state index in [1.54, 1.807) is 30.3 Å². The average Bonchev–Trinajstić information content (AvgIpc) is 3.16. The maximum Gasteiger partial charge on any atom is 0.307 e. The number of ether oxygens (including phenoxy) is 1. The standard InChI is InChI=1S/C20H21NO6S/c22-16-10-17-19(14-8-4-5-12(9-18(23)24)20(14)27-17)15(16)11-21-28(25,26)13-6-2-1-3-7-13/h1-8,15-17,19,21-22H,9-11H2,(H,23,24). The molecule has 4 atom stereocenters. The van der Waals surface area contributed by atoms with Gasteiger partial charge in [-0.3, -0.25) is 4.79 Å². The maximum absolute atomic E-state index is 12.5. The lowest BCUT2D eigenvalue weighted by Gasteiger charge is -2.21. The molecule has 1 heterocycles. The number of fused-ring (bicyclic) bond motifs is 3. The van der Waals surface area contributed by atoms with Crippen LogP contribution in [0, 0.1) is 5.92 Å². The molecule has 0 aromatic heterocycles. The first-order chi connectivity index (χ1) is 13.4. The monoisotopic (exact) mass is 403 g/mol. The summed E-state index contributed by atoms with van der Waals surface area (Å²) in [6.45, 7) is 0.0749. The van der Waals surface area contributed by atoms with Gasteiger partial charge in [0.15, 0.2) is 0 Å². The van der Waals surface area contributed by atoms with Gasteiger partial charge in [-0.1, -0.05) is 36.4 Å². The second kappa shape index (κ2) is 7.20. The van der Waals surface area contributed by atoms with Crippen molar-refractivity contribution in [3.05, 3.63) is 59.7 Å². The first kappa shape index (κ1) is 18.9. The highest BCUT2D eigenvalue weighted by Crippen LogP contribution is 2.51. The topological polar surface area (TPSA) is 113 Å². The van der Waals surface area contributed by atoms with Gasteiger partial charge in [-0.15, -0.1) is 0 Å². The molecular formula is C20H21NO6S. The van der Waals surface area contributed by atoms with E-state index in [0.29, 0.717) is 17.7 Å². The number of hydrogen-bond acceptors (Lipinski definition) is 5. The minimum atomic E-state index is -3.68. The van der Waals surface area contributed by atoms with E-state index in [-0.39, 0.29) is 35.8 Å². The lowest BCUT2D eigenvalue weighted by molar-refractivity contribution is -0.136. The molecule has 2 aromatic rings. The van der Waals surface area contributed by atoms with Crippen molar-refractivity contribution in [3.8, 4) is 5.75 Å². The Morgan fingerprint density at radius 1 is 1.14 bits per heavy atom. The van der Waals surface area contributed by atoms with Gasteiger partial charge >= 0.3 is 5.97 Å². The number of carboxylic acids is 1. The van der Waals surface area contributed by atoms with E-state index >= 15 is 0 Å². The second-order valence-electron chi connectivity index (χ2n) is 7.22. The van der Waals surface area contributed by atoms with E-state index in [1.165, 1.54) is 12.1 Å². The minimum Gasteiger partial charge on any atom is -0.489 e. The van der Waals surface area contributed by atoms with E-state index in [2.05, 4.69) is 4.72 Å². The van der Waals surface area contributed by atoms with Crippen molar-refractivity contribution in [1.29, 1.82) is 0 Å². The minimum absolute atomic E-state index is 0.0749. The Bertz CT molecular complexity index is 991. The molecule has 0 amide bonds. The molecule has 4 rings (SSSR count). The first-order valence-corrected chi connectivity index (χ1v) is 10.6. The number of rotatable bonds is 6. The number of sulfonamides is 1. The highest BCUT2D eigenvalue weighted by molar-refractivity contribution is 7.89. The fourth-order valence-corrected chi connectivity index (χ4v) is 5.34. The highest BCUT2D eigenvalue weighted by Gasteiger charge is 2.50. The number of hydrogen-bond donors (Lipinski definition) is 3. The van der Waals surface area contributed by atoms with Crippen LogP contribution in [0.5, 0.6) is 5.75 Å². The van der Waals surface area contributed by atoms with Crippen molar-refractivity contribution < 1.29 is 28.2 Å². The zero-order valence-corrected chi connectivity index (χ0v) is 15.8. The van der Waals surface area contributed by atoms with E-state index in [4.69, 9.17) is 9.84 Å². The van der Waals surface area contributed by atoms with E-state index in [0.717, 1.165) is 5.56 Å². The summed E-state index contributed by atoms with van der Waals surface area (Å²) >= 11 is 0. The molecule has 0 saturated heterocycles. The molecular weight excluding hydrogens is 382 g/mol. The Hall–Kier alpha value is -2.42. The van der Waals surface area contributed by atoms with Crippen LogP contribution in [0.1, 0.15) is 23.5 Å². The smallest absolute Gasteiger partial charge is 0.307 e. The van der Waals surface area contributed by atoms with Gasteiger partial charge in [0.05, 0.1) is 17.4 Å². The summed E-state index contributed by atoms with van der Waals surface area (Å²) in [5.41, 5.74) is 1.43. The third-order valence-electron chi connectivity index (χ3n) is 5.49. The van der Waals surface area contributed by atoms with Crippen LogP contribution in [0.25, 0.3) is 0 Å². The normalized spacial score (nSPS) is 25.8. The number of nitrogens with one attached hydrogen (secondary N) is 1. The zero-order valence-electron chi connectivity index (χ0n) is 15.0. The SMILES string of the molecule is O=C(O)Cc1cccc2c1OC1CC(O)C(CNS(=O)(=O)c3ccccc3)C21. The Morgan fingerprint density at radius 3 is 2.61 bits per heavy atom. The van der Waals surface area contributed by atoms with Crippen LogP contribution >= 0.6 is 0 Å². The Kier molecular flexibility index (Phi) is 4.86. The van der Waals surface area contributed by atoms with Crippen LogP contribution in [-0.2, 0) is 21.2 Å². The Morgan fingerprint density at radius 2 is 1.89 bits per heavy atom. The Labute approximate surface area is 163 Å². The van der Waals surface area contributed by atoms with E-state index < -0.39 is 22.1 Å². The summed E-state index contributed by atoms with van der Waals surface area (Å²) in [6.07, 6.45) is -0.754. The number of benzene rings is 2. The number of carboxylic acid groups (broad SMARTS) is 1. The van der Waals surface area contributed by atoms with Gasteiger partial charge in [0.1, 0.15) is 11.9 Å². The third-order valence-corrected chi connectivity index (χ3v) is 6.93. The molecule has 1 aliphatic heterocycles. The molecule has 1 aliphatic carbocycles. The number of aliphatic carboxylic acids is 1. The van der Waals surface area contributed by atoms with E-state index in [1.807, 2.05) is 6.07 Å². The summed E-state index contributed by atoms with van der Waals surface area (Å²) in [6, 6.07) is 13.4. The summed E-state index contributed by atoms with van der Waals surface area (Å²) < 4.78 is 33.6. The molecule has 7 nitrogen and oxygen atoms in total. The van der Waals surface area contributed by atoms with Crippen LogP contribution < -0.4 is 9.46 Å². The van der Waals surface area contributed by atoms with Crippen LogP contribution in [0.2, 0.25) is 0 Å². The molecule has 8 heteroatoms. The van der Waals surface area contributed by atoms with Crippen LogP contribution in [0.15, 0.2) is 53.4 Å².